The molecule has 0 aliphatic heterocycles. The molecule has 0 saturated heterocycles. The minimum Gasteiger partial charge on any atom is -0.360 e. The summed E-state index contributed by atoms with van der Waals surface area (Å²) in [7, 11) is 0. The number of benzene rings is 6. The Labute approximate surface area is 295 Å². The molecular weight excluding hydrogens is 609 g/mol. The molecule has 4 heteroatoms. The summed E-state index contributed by atoms with van der Waals surface area (Å²) in [4.78, 5) is 15.4. The molecular formula is C46H40N4. The van der Waals surface area contributed by atoms with Crippen molar-refractivity contribution in [3.05, 3.63) is 187 Å². The van der Waals surface area contributed by atoms with Gasteiger partial charge in [-0.2, -0.15) is 0 Å². The first-order valence-corrected chi connectivity index (χ1v) is 17.3. The number of rotatable bonds is 11. The van der Waals surface area contributed by atoms with E-state index in [-0.39, 0.29) is 6.17 Å². The Bertz CT molecular complexity index is 2120. The van der Waals surface area contributed by atoms with Crippen LogP contribution in [0, 0.1) is 5.92 Å². The fourth-order valence-electron chi connectivity index (χ4n) is 6.13. The van der Waals surface area contributed by atoms with E-state index in [0.29, 0.717) is 11.7 Å². The smallest absolute Gasteiger partial charge is 0.160 e. The second-order valence-electron chi connectivity index (χ2n) is 12.5. The highest BCUT2D eigenvalue weighted by Gasteiger charge is 2.17. The van der Waals surface area contributed by atoms with Crippen LogP contribution in [0.4, 0.5) is 5.69 Å². The van der Waals surface area contributed by atoms with Crippen LogP contribution in [-0.4, -0.2) is 15.7 Å². The van der Waals surface area contributed by atoms with Crippen LogP contribution in [0.25, 0.3) is 45.0 Å². The standard InChI is InChI=1S/C46H40N4/c1-3-33(2)44(35-20-10-5-11-21-35)50-45(36-22-12-6-13-23-36)47-41-29-17-27-39(31-41)38-26-16-28-40(30-38)43-32-42(34-18-8-4-9-19-34)48-46(49-43)37-24-14-7-15-25-37/h4-33,45,47H,3H2,1-2H3. The molecule has 0 aliphatic rings. The highest BCUT2D eigenvalue weighted by atomic mass is 15.1. The molecule has 6 aromatic carbocycles. The molecule has 4 nitrogen and oxygen atoms in total. The number of nitrogens with zero attached hydrogens (tertiary/aromatic N) is 3. The average Bonchev–Trinajstić information content (AvgIpc) is 3.20. The Balaban J connectivity index is 1.24. The van der Waals surface area contributed by atoms with Crippen molar-refractivity contribution in [3.63, 3.8) is 0 Å². The van der Waals surface area contributed by atoms with Gasteiger partial charge < -0.3 is 5.32 Å². The van der Waals surface area contributed by atoms with Crippen molar-refractivity contribution in [2.75, 3.05) is 5.32 Å². The van der Waals surface area contributed by atoms with Gasteiger partial charge in [0.2, 0.25) is 0 Å². The Morgan fingerprint density at radius 2 is 1.06 bits per heavy atom. The van der Waals surface area contributed by atoms with E-state index in [1.807, 2.05) is 42.5 Å². The number of hydrogen-bond donors (Lipinski definition) is 1. The van der Waals surface area contributed by atoms with Gasteiger partial charge in [0.15, 0.2) is 5.82 Å². The fraction of sp³-hybridized carbons (Fsp3) is 0.109. The van der Waals surface area contributed by atoms with Crippen molar-refractivity contribution in [2.45, 2.75) is 26.4 Å². The molecule has 0 spiro atoms. The normalized spacial score (nSPS) is 12.6. The largest absolute Gasteiger partial charge is 0.360 e. The first-order valence-electron chi connectivity index (χ1n) is 17.3. The molecule has 0 aliphatic carbocycles. The molecule has 0 saturated carbocycles. The summed E-state index contributed by atoms with van der Waals surface area (Å²) in [6.45, 7) is 4.48. The second-order valence-corrected chi connectivity index (χ2v) is 12.5. The van der Waals surface area contributed by atoms with E-state index in [4.69, 9.17) is 15.0 Å². The maximum Gasteiger partial charge on any atom is 0.160 e. The van der Waals surface area contributed by atoms with Gasteiger partial charge in [0, 0.05) is 28.1 Å². The monoisotopic (exact) mass is 648 g/mol. The zero-order valence-corrected chi connectivity index (χ0v) is 28.4. The maximum absolute atomic E-state index is 5.40. The van der Waals surface area contributed by atoms with Gasteiger partial charge in [0.1, 0.15) is 6.17 Å². The molecule has 0 amide bonds. The zero-order valence-electron chi connectivity index (χ0n) is 28.4. The molecule has 0 fully saturated rings. The van der Waals surface area contributed by atoms with Crippen LogP contribution in [0.5, 0.6) is 0 Å². The Kier molecular flexibility index (Phi) is 9.98. The third-order valence-corrected chi connectivity index (χ3v) is 9.02. The average molecular weight is 649 g/mol. The minimum atomic E-state index is -0.254. The molecule has 1 aromatic heterocycles. The predicted molar refractivity (Wildman–Crippen MR) is 209 cm³/mol. The molecule has 1 heterocycles. The maximum atomic E-state index is 5.40. The zero-order chi connectivity index (χ0) is 34.1. The van der Waals surface area contributed by atoms with E-state index in [2.05, 4.69) is 153 Å². The fourth-order valence-corrected chi connectivity index (χ4v) is 6.13. The van der Waals surface area contributed by atoms with Crippen LogP contribution >= 0.6 is 0 Å². The van der Waals surface area contributed by atoms with Gasteiger partial charge >= 0.3 is 0 Å². The van der Waals surface area contributed by atoms with Gasteiger partial charge in [0.25, 0.3) is 0 Å². The number of nitrogens with one attached hydrogen (secondary N) is 1. The highest BCUT2D eigenvalue weighted by Crippen LogP contribution is 2.32. The van der Waals surface area contributed by atoms with Crippen LogP contribution in [0.2, 0.25) is 0 Å². The van der Waals surface area contributed by atoms with Crippen LogP contribution in [0.15, 0.2) is 181 Å². The van der Waals surface area contributed by atoms with E-state index >= 15 is 0 Å². The highest BCUT2D eigenvalue weighted by molar-refractivity contribution is 6.02. The van der Waals surface area contributed by atoms with Crippen molar-refractivity contribution >= 4 is 11.4 Å². The van der Waals surface area contributed by atoms with Crippen LogP contribution in [0.1, 0.15) is 37.6 Å². The molecule has 2 atom stereocenters. The predicted octanol–water partition coefficient (Wildman–Crippen LogP) is 11.8. The summed E-state index contributed by atoms with van der Waals surface area (Å²) in [6.07, 6.45) is 0.753. The molecule has 2 unspecified atom stereocenters. The van der Waals surface area contributed by atoms with E-state index < -0.39 is 0 Å². The van der Waals surface area contributed by atoms with Crippen LogP contribution in [0.3, 0.4) is 0 Å². The van der Waals surface area contributed by atoms with Crippen LogP contribution < -0.4 is 5.32 Å². The summed E-state index contributed by atoms with van der Waals surface area (Å²) in [5.41, 5.74) is 11.4. The van der Waals surface area contributed by atoms with Gasteiger partial charge in [-0.05, 0) is 58.9 Å². The lowest BCUT2D eigenvalue weighted by Crippen LogP contribution is -2.17. The summed E-state index contributed by atoms with van der Waals surface area (Å²) in [6, 6.07) is 60.8. The molecule has 0 bridgehead atoms. The van der Waals surface area contributed by atoms with Crippen molar-refractivity contribution in [3.8, 4) is 45.0 Å². The molecule has 0 radical (unpaired) electrons. The summed E-state index contributed by atoms with van der Waals surface area (Å²) >= 11 is 0. The van der Waals surface area contributed by atoms with Gasteiger partial charge in [-0.1, -0.05) is 166 Å². The molecule has 7 rings (SSSR count). The second kappa shape index (κ2) is 15.4. The van der Waals surface area contributed by atoms with Gasteiger partial charge in [-0.15, -0.1) is 0 Å². The number of aromatic nitrogens is 2. The first-order chi connectivity index (χ1) is 24.6. The topological polar surface area (TPSA) is 50.2 Å². The molecule has 50 heavy (non-hydrogen) atoms. The summed E-state index contributed by atoms with van der Waals surface area (Å²) < 4.78 is 0. The quantitative estimate of drug-likeness (QED) is 0.142. The van der Waals surface area contributed by atoms with Crippen molar-refractivity contribution in [2.24, 2.45) is 10.9 Å². The number of hydrogen-bond acceptors (Lipinski definition) is 4. The Hall–Kier alpha value is -6.13. The van der Waals surface area contributed by atoms with Crippen molar-refractivity contribution in [1.82, 2.24) is 9.97 Å². The Morgan fingerprint density at radius 3 is 1.72 bits per heavy atom. The van der Waals surface area contributed by atoms with Gasteiger partial charge in [-0.3, -0.25) is 4.99 Å². The molecule has 244 valence electrons. The lowest BCUT2D eigenvalue weighted by molar-refractivity contribution is 0.720. The lowest BCUT2D eigenvalue weighted by Gasteiger charge is -2.22. The Morgan fingerprint density at radius 1 is 0.540 bits per heavy atom. The molecule has 1 N–H and O–H groups in total. The molecule has 7 aromatic rings. The van der Waals surface area contributed by atoms with Gasteiger partial charge in [-0.25, -0.2) is 9.97 Å². The number of anilines is 1. The van der Waals surface area contributed by atoms with Crippen molar-refractivity contribution < 1.29 is 0 Å². The minimum absolute atomic E-state index is 0.254. The lowest BCUT2D eigenvalue weighted by atomic mass is 9.95. The van der Waals surface area contributed by atoms with E-state index in [0.717, 1.165) is 68.2 Å². The van der Waals surface area contributed by atoms with E-state index in [9.17, 15) is 0 Å². The van der Waals surface area contributed by atoms with E-state index in [1.165, 1.54) is 0 Å². The van der Waals surface area contributed by atoms with Gasteiger partial charge in [0.05, 0.1) is 11.4 Å². The summed E-state index contributed by atoms with van der Waals surface area (Å²) in [5.74, 6) is 1.02. The number of aliphatic imine (C=N–C) groups is 1. The third kappa shape index (κ3) is 7.61. The van der Waals surface area contributed by atoms with Crippen LogP contribution in [-0.2, 0) is 0 Å². The SMILES string of the molecule is CCC(C)C(=NC(Nc1cccc(-c2cccc(-c3cc(-c4ccccc4)nc(-c4ccccc4)n3)c2)c1)c1ccccc1)c1ccccc1. The van der Waals surface area contributed by atoms with Crippen molar-refractivity contribution in [1.29, 1.82) is 0 Å². The third-order valence-electron chi connectivity index (χ3n) is 9.02. The first kappa shape index (κ1) is 32.4. The summed E-state index contributed by atoms with van der Waals surface area (Å²) in [5, 5.41) is 3.77. The van der Waals surface area contributed by atoms with E-state index in [1.54, 1.807) is 0 Å².